The molecule has 0 aliphatic heterocycles. The van der Waals surface area contributed by atoms with E-state index in [1.165, 1.54) is 3.57 Å². The lowest BCUT2D eigenvalue weighted by molar-refractivity contribution is 0.908. The van der Waals surface area contributed by atoms with Gasteiger partial charge in [-0.1, -0.05) is 6.92 Å². The first kappa shape index (κ1) is 12.5. The van der Waals surface area contributed by atoms with Gasteiger partial charge in [-0.05, 0) is 65.1 Å². The minimum atomic E-state index is 0.752. The summed E-state index contributed by atoms with van der Waals surface area (Å²) in [7, 11) is 0. The molecule has 2 N–H and O–H groups in total. The quantitative estimate of drug-likeness (QED) is 0.556. The van der Waals surface area contributed by atoms with Gasteiger partial charge in [-0.3, -0.25) is 4.57 Å². The molecule has 0 spiro atoms. The molecule has 0 radical (unpaired) electrons. The second-order valence-electron chi connectivity index (χ2n) is 4.44. The van der Waals surface area contributed by atoms with Gasteiger partial charge < -0.3 is 5.73 Å². The minimum absolute atomic E-state index is 0.752. The predicted molar refractivity (Wildman–Crippen MR) is 87.6 cm³/mol. The molecule has 0 bridgehead atoms. The molecule has 96 valence electrons. The lowest BCUT2D eigenvalue weighted by Crippen LogP contribution is -1.99. The van der Waals surface area contributed by atoms with E-state index in [0.29, 0.717) is 0 Å². The Hall–Kier alpha value is -1.56. The fourth-order valence-electron chi connectivity index (χ4n) is 2.26. The van der Waals surface area contributed by atoms with Crippen molar-refractivity contribution >= 4 is 39.3 Å². The normalized spacial score (nSPS) is 11.1. The van der Waals surface area contributed by atoms with Crippen LogP contribution in [0.3, 0.4) is 0 Å². The summed E-state index contributed by atoms with van der Waals surface area (Å²) in [5.74, 6) is 1.06. The predicted octanol–water partition coefficient (Wildman–Crippen LogP) is 3.77. The second kappa shape index (κ2) is 4.85. The molecule has 4 heteroatoms. The van der Waals surface area contributed by atoms with Gasteiger partial charge in [-0.15, -0.1) is 0 Å². The van der Waals surface area contributed by atoms with Crippen molar-refractivity contribution in [3.8, 4) is 5.69 Å². The van der Waals surface area contributed by atoms with Gasteiger partial charge in [0, 0.05) is 21.4 Å². The third kappa shape index (κ3) is 2.20. The lowest BCUT2D eigenvalue weighted by atomic mass is 10.2. The van der Waals surface area contributed by atoms with E-state index in [9.17, 15) is 0 Å². The number of anilines is 1. The van der Waals surface area contributed by atoms with E-state index in [0.717, 1.165) is 34.7 Å². The van der Waals surface area contributed by atoms with Gasteiger partial charge in [0.05, 0.1) is 11.0 Å². The lowest BCUT2D eigenvalue weighted by Gasteiger charge is -2.08. The first-order valence-electron chi connectivity index (χ1n) is 6.22. The Kier molecular flexibility index (Phi) is 3.18. The van der Waals surface area contributed by atoms with Gasteiger partial charge in [0.2, 0.25) is 0 Å². The number of imidazole rings is 1. The SMILES string of the molecule is CCc1nc2cc(N)ccc2n1-c1ccc(I)cc1. The molecular formula is C15H14IN3. The van der Waals surface area contributed by atoms with Crippen molar-refractivity contribution < 1.29 is 0 Å². The highest BCUT2D eigenvalue weighted by Crippen LogP contribution is 2.24. The van der Waals surface area contributed by atoms with Crippen LogP contribution in [0.4, 0.5) is 5.69 Å². The first-order chi connectivity index (χ1) is 9.19. The Bertz CT molecular complexity index is 729. The molecule has 3 aromatic rings. The van der Waals surface area contributed by atoms with Crippen molar-refractivity contribution in [3.63, 3.8) is 0 Å². The van der Waals surface area contributed by atoms with Crippen molar-refractivity contribution in [1.29, 1.82) is 0 Å². The van der Waals surface area contributed by atoms with Crippen LogP contribution in [0.25, 0.3) is 16.7 Å². The highest BCUT2D eigenvalue weighted by atomic mass is 127. The second-order valence-corrected chi connectivity index (χ2v) is 5.69. The number of hydrogen-bond donors (Lipinski definition) is 1. The van der Waals surface area contributed by atoms with Gasteiger partial charge >= 0.3 is 0 Å². The Labute approximate surface area is 125 Å². The topological polar surface area (TPSA) is 43.8 Å². The molecule has 0 aliphatic rings. The smallest absolute Gasteiger partial charge is 0.114 e. The summed E-state index contributed by atoms with van der Waals surface area (Å²) in [4.78, 5) is 4.67. The monoisotopic (exact) mass is 363 g/mol. The van der Waals surface area contributed by atoms with E-state index < -0.39 is 0 Å². The van der Waals surface area contributed by atoms with Crippen LogP contribution < -0.4 is 5.73 Å². The molecule has 3 nitrogen and oxygen atoms in total. The number of fused-ring (bicyclic) bond motifs is 1. The van der Waals surface area contributed by atoms with Crippen LogP contribution in [0.5, 0.6) is 0 Å². The zero-order chi connectivity index (χ0) is 13.4. The summed E-state index contributed by atoms with van der Waals surface area (Å²) in [5, 5.41) is 0. The van der Waals surface area contributed by atoms with Gasteiger partial charge in [0.1, 0.15) is 5.82 Å². The zero-order valence-corrected chi connectivity index (χ0v) is 12.8. The van der Waals surface area contributed by atoms with Crippen LogP contribution in [-0.2, 0) is 6.42 Å². The molecule has 0 saturated heterocycles. The molecule has 2 aromatic carbocycles. The Morgan fingerprint density at radius 2 is 1.89 bits per heavy atom. The van der Waals surface area contributed by atoms with Crippen molar-refractivity contribution in [1.82, 2.24) is 9.55 Å². The maximum Gasteiger partial charge on any atom is 0.114 e. The minimum Gasteiger partial charge on any atom is -0.399 e. The zero-order valence-electron chi connectivity index (χ0n) is 10.6. The third-order valence-electron chi connectivity index (χ3n) is 3.15. The molecule has 0 amide bonds. The number of aryl methyl sites for hydroxylation is 1. The number of aromatic nitrogens is 2. The van der Waals surface area contributed by atoms with Crippen LogP contribution in [0.1, 0.15) is 12.7 Å². The van der Waals surface area contributed by atoms with Crippen molar-refractivity contribution in [2.24, 2.45) is 0 Å². The summed E-state index contributed by atoms with van der Waals surface area (Å²) in [5.41, 5.74) is 9.79. The summed E-state index contributed by atoms with van der Waals surface area (Å²) in [6, 6.07) is 14.4. The van der Waals surface area contributed by atoms with E-state index in [2.05, 4.69) is 63.3 Å². The maximum atomic E-state index is 5.83. The average molecular weight is 363 g/mol. The van der Waals surface area contributed by atoms with Gasteiger partial charge in [-0.2, -0.15) is 0 Å². The van der Waals surface area contributed by atoms with E-state index in [1.807, 2.05) is 18.2 Å². The van der Waals surface area contributed by atoms with Crippen LogP contribution in [-0.4, -0.2) is 9.55 Å². The Morgan fingerprint density at radius 1 is 1.16 bits per heavy atom. The number of nitrogens with zero attached hydrogens (tertiary/aromatic N) is 2. The van der Waals surface area contributed by atoms with Crippen LogP contribution in [0, 0.1) is 3.57 Å². The van der Waals surface area contributed by atoms with Crippen molar-refractivity contribution in [3.05, 3.63) is 51.9 Å². The number of halogens is 1. The van der Waals surface area contributed by atoms with E-state index in [-0.39, 0.29) is 0 Å². The first-order valence-corrected chi connectivity index (χ1v) is 7.29. The van der Waals surface area contributed by atoms with Crippen molar-refractivity contribution in [2.45, 2.75) is 13.3 Å². The molecular weight excluding hydrogens is 349 g/mol. The molecule has 0 fully saturated rings. The summed E-state index contributed by atoms with van der Waals surface area (Å²) < 4.78 is 3.43. The molecule has 0 saturated carbocycles. The Morgan fingerprint density at radius 3 is 2.58 bits per heavy atom. The molecule has 0 atom stereocenters. The fraction of sp³-hybridized carbons (Fsp3) is 0.133. The fourth-order valence-corrected chi connectivity index (χ4v) is 2.62. The average Bonchev–Trinajstić information content (AvgIpc) is 2.77. The maximum absolute atomic E-state index is 5.83. The summed E-state index contributed by atoms with van der Waals surface area (Å²) in [6.07, 6.45) is 0.889. The molecule has 3 rings (SSSR count). The van der Waals surface area contributed by atoms with Crippen LogP contribution >= 0.6 is 22.6 Å². The standard InChI is InChI=1S/C15H14IN3/c1-2-15-18-13-9-11(17)5-8-14(13)19(15)12-6-3-10(16)4-7-12/h3-9H,2,17H2,1H3. The van der Waals surface area contributed by atoms with Gasteiger partial charge in [0.25, 0.3) is 0 Å². The van der Waals surface area contributed by atoms with Crippen molar-refractivity contribution in [2.75, 3.05) is 5.73 Å². The van der Waals surface area contributed by atoms with E-state index in [1.54, 1.807) is 0 Å². The number of rotatable bonds is 2. The summed E-state index contributed by atoms with van der Waals surface area (Å²) in [6.45, 7) is 2.12. The number of nitrogens with two attached hydrogens (primary N) is 1. The molecule has 1 heterocycles. The number of hydrogen-bond acceptors (Lipinski definition) is 2. The largest absolute Gasteiger partial charge is 0.399 e. The van der Waals surface area contributed by atoms with Crippen LogP contribution in [0.2, 0.25) is 0 Å². The highest BCUT2D eigenvalue weighted by Gasteiger charge is 2.11. The molecule has 0 unspecified atom stereocenters. The van der Waals surface area contributed by atoms with E-state index in [4.69, 9.17) is 5.73 Å². The van der Waals surface area contributed by atoms with Crippen LogP contribution in [0.15, 0.2) is 42.5 Å². The number of benzene rings is 2. The highest BCUT2D eigenvalue weighted by molar-refractivity contribution is 14.1. The molecule has 1 aromatic heterocycles. The van der Waals surface area contributed by atoms with E-state index >= 15 is 0 Å². The van der Waals surface area contributed by atoms with Gasteiger partial charge in [0.15, 0.2) is 0 Å². The third-order valence-corrected chi connectivity index (χ3v) is 3.87. The Balaban J connectivity index is 2.29. The number of nitrogen functional groups attached to an aromatic ring is 1. The molecule has 19 heavy (non-hydrogen) atoms. The van der Waals surface area contributed by atoms with Gasteiger partial charge in [-0.25, -0.2) is 4.98 Å². The molecule has 0 aliphatic carbocycles. The summed E-state index contributed by atoms with van der Waals surface area (Å²) >= 11 is 2.31.